The zero-order chi connectivity index (χ0) is 19.8. The average molecular weight is 382 g/mol. The molecule has 1 aliphatic carbocycles. The van der Waals surface area contributed by atoms with Gasteiger partial charge in [0.2, 0.25) is 0 Å². The molecule has 0 amide bonds. The van der Waals surface area contributed by atoms with E-state index in [4.69, 9.17) is 9.72 Å². The lowest BCUT2D eigenvalue weighted by Crippen LogP contribution is -2.23. The highest BCUT2D eigenvalue weighted by atomic mass is 16.5. The molecule has 1 saturated carbocycles. The molecule has 3 atom stereocenters. The van der Waals surface area contributed by atoms with E-state index >= 15 is 0 Å². The number of carbonyl (C=O) groups is 1. The minimum atomic E-state index is -0.998. The molecule has 0 spiro atoms. The maximum atomic E-state index is 12.1. The number of anilines is 1. The summed E-state index contributed by atoms with van der Waals surface area (Å²) in [6, 6.07) is 5.41. The highest BCUT2D eigenvalue weighted by Crippen LogP contribution is 2.46. The Labute approximate surface area is 164 Å². The number of aromatic nitrogens is 3. The summed E-state index contributed by atoms with van der Waals surface area (Å²) in [5.74, 6) is 2.11. The number of aliphatic hydroxyl groups excluding tert-OH is 1. The lowest BCUT2D eigenvalue weighted by Gasteiger charge is -2.21. The monoisotopic (exact) mass is 382 g/mol. The van der Waals surface area contributed by atoms with Crippen molar-refractivity contribution in [3.05, 3.63) is 47.4 Å². The predicted molar refractivity (Wildman–Crippen MR) is 106 cm³/mol. The Bertz CT molecular complexity index is 897. The lowest BCUT2D eigenvalue weighted by atomic mass is 10.0. The van der Waals surface area contributed by atoms with Gasteiger partial charge in [0.1, 0.15) is 17.6 Å². The molecule has 7 heteroatoms. The van der Waals surface area contributed by atoms with Crippen molar-refractivity contribution < 1.29 is 14.6 Å². The summed E-state index contributed by atoms with van der Waals surface area (Å²) in [5, 5.41) is 15.3. The van der Waals surface area contributed by atoms with Crippen LogP contribution in [-0.2, 0) is 11.3 Å². The maximum Gasteiger partial charge on any atom is 0.356 e. The van der Waals surface area contributed by atoms with Crippen molar-refractivity contribution in [2.24, 2.45) is 11.8 Å². The Morgan fingerprint density at radius 3 is 2.79 bits per heavy atom. The molecular weight excluding hydrogens is 356 g/mol. The second-order valence-electron chi connectivity index (χ2n) is 7.40. The van der Waals surface area contributed by atoms with Gasteiger partial charge in [0.05, 0.1) is 18.0 Å². The third kappa shape index (κ3) is 3.30. The molecule has 1 N–H and O–H groups in total. The number of esters is 1. The van der Waals surface area contributed by atoms with E-state index in [1.54, 1.807) is 23.7 Å². The SMILES string of the molecule is C=Cc1nc(N2CC3CC3C2)ccc1C(O)c1cc(C(=O)OCC)n(CC)n1. The summed E-state index contributed by atoms with van der Waals surface area (Å²) >= 11 is 0. The summed E-state index contributed by atoms with van der Waals surface area (Å²) in [4.78, 5) is 19.2. The summed E-state index contributed by atoms with van der Waals surface area (Å²) in [6.45, 7) is 10.4. The molecule has 148 valence electrons. The van der Waals surface area contributed by atoms with Crippen molar-refractivity contribution in [2.45, 2.75) is 32.9 Å². The summed E-state index contributed by atoms with van der Waals surface area (Å²) in [7, 11) is 0. The number of nitrogens with zero attached hydrogens (tertiary/aromatic N) is 4. The fourth-order valence-corrected chi connectivity index (χ4v) is 3.97. The molecule has 1 saturated heterocycles. The van der Waals surface area contributed by atoms with Gasteiger partial charge in [-0.05, 0) is 50.3 Å². The van der Waals surface area contributed by atoms with Crippen molar-refractivity contribution >= 4 is 17.9 Å². The first kappa shape index (κ1) is 18.7. The molecule has 3 heterocycles. The van der Waals surface area contributed by atoms with Crippen LogP contribution in [0.1, 0.15) is 53.8 Å². The number of rotatable bonds is 7. The van der Waals surface area contributed by atoms with Gasteiger partial charge in [-0.15, -0.1) is 0 Å². The van der Waals surface area contributed by atoms with E-state index in [1.807, 2.05) is 19.1 Å². The Balaban J connectivity index is 1.61. The molecule has 7 nitrogen and oxygen atoms in total. The van der Waals surface area contributed by atoms with Crippen molar-refractivity contribution in [3.8, 4) is 0 Å². The third-order valence-corrected chi connectivity index (χ3v) is 5.60. The maximum absolute atomic E-state index is 12.1. The second-order valence-corrected chi connectivity index (χ2v) is 7.40. The molecule has 1 aliphatic heterocycles. The summed E-state index contributed by atoms with van der Waals surface area (Å²) < 4.78 is 6.63. The second kappa shape index (κ2) is 7.39. The van der Waals surface area contributed by atoms with Crippen LogP contribution < -0.4 is 4.90 Å². The van der Waals surface area contributed by atoms with E-state index in [9.17, 15) is 9.90 Å². The molecule has 28 heavy (non-hydrogen) atoms. The first-order chi connectivity index (χ1) is 13.5. The van der Waals surface area contributed by atoms with Gasteiger partial charge in [-0.3, -0.25) is 4.68 Å². The Morgan fingerprint density at radius 1 is 1.39 bits per heavy atom. The van der Waals surface area contributed by atoms with Crippen molar-refractivity contribution in [1.82, 2.24) is 14.8 Å². The number of carbonyl (C=O) groups excluding carboxylic acids is 1. The quantitative estimate of drug-likeness (QED) is 0.742. The van der Waals surface area contributed by atoms with Crippen LogP contribution in [-0.4, -0.2) is 45.5 Å². The summed E-state index contributed by atoms with van der Waals surface area (Å²) in [6.07, 6.45) is 1.99. The van der Waals surface area contributed by atoms with Crippen LogP contribution >= 0.6 is 0 Å². The van der Waals surface area contributed by atoms with Crippen LogP contribution in [0, 0.1) is 11.8 Å². The smallest absolute Gasteiger partial charge is 0.356 e. The lowest BCUT2D eigenvalue weighted by molar-refractivity contribution is 0.0512. The van der Waals surface area contributed by atoms with Crippen LogP contribution in [0.2, 0.25) is 0 Å². The Hall–Kier alpha value is -2.67. The van der Waals surface area contributed by atoms with Crippen molar-refractivity contribution in [1.29, 1.82) is 0 Å². The van der Waals surface area contributed by atoms with E-state index in [2.05, 4.69) is 16.6 Å². The van der Waals surface area contributed by atoms with Gasteiger partial charge in [0.15, 0.2) is 0 Å². The Kier molecular flexibility index (Phi) is 4.93. The zero-order valence-corrected chi connectivity index (χ0v) is 16.3. The number of hydrogen-bond acceptors (Lipinski definition) is 6. The molecule has 2 aromatic heterocycles. The van der Waals surface area contributed by atoms with E-state index in [-0.39, 0.29) is 6.61 Å². The molecule has 0 bridgehead atoms. The fourth-order valence-electron chi connectivity index (χ4n) is 3.97. The van der Waals surface area contributed by atoms with Gasteiger partial charge in [-0.1, -0.05) is 12.6 Å². The number of piperidine rings is 1. The van der Waals surface area contributed by atoms with Gasteiger partial charge < -0.3 is 14.7 Å². The van der Waals surface area contributed by atoms with Gasteiger partial charge in [-0.2, -0.15) is 5.10 Å². The van der Waals surface area contributed by atoms with Crippen LogP contribution in [0.4, 0.5) is 5.82 Å². The molecule has 2 aliphatic rings. The highest BCUT2D eigenvalue weighted by molar-refractivity contribution is 5.87. The van der Waals surface area contributed by atoms with Crippen molar-refractivity contribution in [2.75, 3.05) is 24.6 Å². The van der Waals surface area contributed by atoms with Crippen LogP contribution in [0.5, 0.6) is 0 Å². The number of fused-ring (bicyclic) bond motifs is 1. The number of hydrogen-bond donors (Lipinski definition) is 1. The molecule has 2 aromatic rings. The highest BCUT2D eigenvalue weighted by Gasteiger charge is 2.45. The molecule has 0 aromatic carbocycles. The topological polar surface area (TPSA) is 80.5 Å². The van der Waals surface area contributed by atoms with Crippen LogP contribution in [0.3, 0.4) is 0 Å². The standard InChI is InChI=1S/C21H26N4O3/c1-4-16-15(7-8-19(22-16)24-11-13-9-14(13)12-24)20(26)17-10-18(21(27)28-6-3)25(5-2)23-17/h4,7-8,10,13-14,20,26H,1,5-6,9,11-12H2,2-3H3. The first-order valence-electron chi connectivity index (χ1n) is 9.86. The first-order valence-corrected chi connectivity index (χ1v) is 9.86. The Morgan fingerprint density at radius 2 is 2.14 bits per heavy atom. The normalized spacial score (nSPS) is 21.3. The van der Waals surface area contributed by atoms with Gasteiger partial charge in [-0.25, -0.2) is 9.78 Å². The molecule has 4 rings (SSSR count). The predicted octanol–water partition coefficient (Wildman–Crippen LogP) is 2.66. The van der Waals surface area contributed by atoms with E-state index in [1.165, 1.54) is 6.42 Å². The van der Waals surface area contributed by atoms with E-state index in [0.29, 0.717) is 29.2 Å². The van der Waals surface area contributed by atoms with Crippen molar-refractivity contribution in [3.63, 3.8) is 0 Å². The minimum absolute atomic E-state index is 0.288. The molecular formula is C21H26N4O3. The number of pyridine rings is 1. The van der Waals surface area contributed by atoms with Crippen LogP contribution in [0.25, 0.3) is 6.08 Å². The van der Waals surface area contributed by atoms with E-state index < -0.39 is 12.1 Å². The number of ether oxygens (including phenoxy) is 1. The third-order valence-electron chi connectivity index (χ3n) is 5.60. The molecule has 2 fully saturated rings. The van der Waals surface area contributed by atoms with E-state index in [0.717, 1.165) is 30.7 Å². The average Bonchev–Trinajstić information content (AvgIpc) is 3.13. The van der Waals surface area contributed by atoms with Gasteiger partial charge in [0, 0.05) is 25.2 Å². The molecule has 3 unspecified atom stereocenters. The minimum Gasteiger partial charge on any atom is -0.461 e. The number of aliphatic hydroxyl groups is 1. The zero-order valence-electron chi connectivity index (χ0n) is 16.3. The summed E-state index contributed by atoms with van der Waals surface area (Å²) in [5.41, 5.74) is 1.98. The van der Waals surface area contributed by atoms with Gasteiger partial charge >= 0.3 is 5.97 Å². The van der Waals surface area contributed by atoms with Crippen LogP contribution in [0.15, 0.2) is 24.8 Å². The fraction of sp³-hybridized carbons (Fsp3) is 0.476. The van der Waals surface area contributed by atoms with Gasteiger partial charge in [0.25, 0.3) is 0 Å². The molecule has 0 radical (unpaired) electrons. The number of aryl methyl sites for hydroxylation is 1. The largest absolute Gasteiger partial charge is 0.461 e.